The van der Waals surface area contributed by atoms with Gasteiger partial charge in [0.25, 0.3) is 0 Å². The van der Waals surface area contributed by atoms with Gasteiger partial charge < -0.3 is 9.72 Å². The highest BCUT2D eigenvalue weighted by molar-refractivity contribution is 5.97. The summed E-state index contributed by atoms with van der Waals surface area (Å²) in [5.41, 5.74) is 4.98. The first-order valence-corrected chi connectivity index (χ1v) is 11.4. The van der Waals surface area contributed by atoms with E-state index in [4.69, 9.17) is 9.72 Å². The van der Waals surface area contributed by atoms with Crippen LogP contribution in [-0.2, 0) is 11.3 Å². The van der Waals surface area contributed by atoms with E-state index in [1.54, 1.807) is 23.2 Å². The predicted octanol–water partition coefficient (Wildman–Crippen LogP) is 3.97. The first-order valence-electron chi connectivity index (χ1n) is 11.4. The number of para-hydroxylation sites is 1. The van der Waals surface area contributed by atoms with Gasteiger partial charge in [0.05, 0.1) is 11.2 Å². The summed E-state index contributed by atoms with van der Waals surface area (Å²) in [4.78, 5) is 37.2. The molecule has 5 aromatic rings. The maximum atomic E-state index is 13.6. The van der Waals surface area contributed by atoms with Gasteiger partial charge in [0.2, 0.25) is 0 Å². The van der Waals surface area contributed by atoms with Gasteiger partial charge in [0.1, 0.15) is 5.65 Å². The molecule has 0 saturated carbocycles. The van der Waals surface area contributed by atoms with Crippen LogP contribution in [0.15, 0.2) is 65.8 Å². The number of aldehydes is 1. The van der Waals surface area contributed by atoms with E-state index in [-0.39, 0.29) is 5.69 Å². The molecule has 6 rings (SSSR count). The van der Waals surface area contributed by atoms with Crippen LogP contribution in [0.1, 0.15) is 23.2 Å². The molecule has 0 atom stereocenters. The van der Waals surface area contributed by atoms with Gasteiger partial charge in [-0.25, -0.2) is 19.3 Å². The van der Waals surface area contributed by atoms with Gasteiger partial charge in [-0.3, -0.25) is 9.36 Å². The Labute approximate surface area is 194 Å². The number of hydrogen-bond donors (Lipinski definition) is 1. The van der Waals surface area contributed by atoms with Crippen molar-refractivity contribution < 1.29 is 9.53 Å². The second-order valence-corrected chi connectivity index (χ2v) is 8.67. The average molecular weight is 454 g/mol. The van der Waals surface area contributed by atoms with Crippen molar-refractivity contribution >= 4 is 28.5 Å². The van der Waals surface area contributed by atoms with Gasteiger partial charge in [0, 0.05) is 60.4 Å². The zero-order valence-electron chi connectivity index (χ0n) is 18.5. The summed E-state index contributed by atoms with van der Waals surface area (Å²) >= 11 is 0. The van der Waals surface area contributed by atoms with E-state index in [0.29, 0.717) is 29.3 Å². The highest BCUT2D eigenvalue weighted by Crippen LogP contribution is 2.28. The molecule has 4 aromatic heterocycles. The molecule has 0 spiro atoms. The Morgan fingerprint density at radius 3 is 2.62 bits per heavy atom. The van der Waals surface area contributed by atoms with Crippen molar-refractivity contribution in [1.29, 1.82) is 0 Å². The third-order valence-electron chi connectivity index (χ3n) is 6.59. The van der Waals surface area contributed by atoms with E-state index in [2.05, 4.69) is 9.97 Å². The van der Waals surface area contributed by atoms with Crippen molar-refractivity contribution in [3.05, 3.63) is 77.1 Å². The number of carbonyl (C=O) groups excluding carboxylic acids is 1. The summed E-state index contributed by atoms with van der Waals surface area (Å²) in [6, 6.07) is 13.5. The van der Waals surface area contributed by atoms with Gasteiger partial charge >= 0.3 is 5.69 Å². The summed E-state index contributed by atoms with van der Waals surface area (Å²) in [5.74, 6) is 0.373. The van der Waals surface area contributed by atoms with Crippen molar-refractivity contribution in [2.75, 3.05) is 13.2 Å². The van der Waals surface area contributed by atoms with Crippen LogP contribution < -0.4 is 5.69 Å². The second-order valence-electron chi connectivity index (χ2n) is 8.67. The van der Waals surface area contributed by atoms with Crippen LogP contribution in [0.3, 0.4) is 0 Å². The van der Waals surface area contributed by atoms with E-state index in [1.807, 2.05) is 47.0 Å². The molecule has 1 aliphatic rings. The summed E-state index contributed by atoms with van der Waals surface area (Å²) < 4.78 is 9.03. The number of imidazole rings is 1. The zero-order chi connectivity index (χ0) is 23.1. The van der Waals surface area contributed by atoms with E-state index in [0.717, 1.165) is 60.1 Å². The minimum Gasteiger partial charge on any atom is -0.381 e. The molecule has 8 heteroatoms. The summed E-state index contributed by atoms with van der Waals surface area (Å²) in [6.07, 6.45) is 7.85. The number of aromatic nitrogens is 5. The molecule has 1 N–H and O–H groups in total. The Balaban J connectivity index is 1.53. The fraction of sp³-hybridized carbons (Fsp3) is 0.231. The smallest absolute Gasteiger partial charge is 0.334 e. The highest BCUT2D eigenvalue weighted by Gasteiger charge is 2.21. The summed E-state index contributed by atoms with van der Waals surface area (Å²) in [6.45, 7) is 2.07. The minimum absolute atomic E-state index is 0.0974. The molecular weight excluding hydrogens is 430 g/mol. The molecule has 0 radical (unpaired) electrons. The molecule has 1 saturated heterocycles. The molecule has 1 aromatic carbocycles. The molecule has 1 aliphatic heterocycles. The van der Waals surface area contributed by atoms with Gasteiger partial charge in [-0.05, 0) is 43.0 Å². The number of hydrogen-bond acceptors (Lipinski definition) is 5. The van der Waals surface area contributed by atoms with Crippen molar-refractivity contribution in [2.24, 2.45) is 5.92 Å². The van der Waals surface area contributed by atoms with Gasteiger partial charge in [0.15, 0.2) is 11.9 Å². The predicted molar refractivity (Wildman–Crippen MR) is 129 cm³/mol. The molecule has 0 amide bonds. The average Bonchev–Trinajstić information content (AvgIpc) is 3.42. The maximum absolute atomic E-state index is 13.6. The molecule has 8 nitrogen and oxygen atoms in total. The van der Waals surface area contributed by atoms with E-state index in [9.17, 15) is 9.59 Å². The van der Waals surface area contributed by atoms with Crippen LogP contribution in [0.4, 0.5) is 0 Å². The lowest BCUT2D eigenvalue weighted by Crippen LogP contribution is -2.28. The molecule has 0 aliphatic carbocycles. The first-order chi connectivity index (χ1) is 16.7. The van der Waals surface area contributed by atoms with Gasteiger partial charge in [-0.1, -0.05) is 18.2 Å². The summed E-state index contributed by atoms with van der Waals surface area (Å²) in [7, 11) is 0. The second kappa shape index (κ2) is 8.39. The van der Waals surface area contributed by atoms with Gasteiger partial charge in [-0.15, -0.1) is 0 Å². The number of ether oxygens (including phenoxy) is 1. The van der Waals surface area contributed by atoms with Crippen LogP contribution in [0, 0.1) is 5.92 Å². The number of pyridine rings is 2. The third-order valence-corrected chi connectivity index (χ3v) is 6.59. The molecule has 0 bridgehead atoms. The SMILES string of the molecule is O=Cc1c[nH]c2ncc(-c3cnc4c(c3)n(CC3CCOCC3)c(=O)n4-c3ccccc3)cc12. The molecule has 0 unspecified atom stereocenters. The zero-order valence-corrected chi connectivity index (χ0v) is 18.5. The molecule has 170 valence electrons. The Morgan fingerprint density at radius 2 is 1.82 bits per heavy atom. The number of H-pyrrole nitrogens is 1. The fourth-order valence-corrected chi connectivity index (χ4v) is 4.74. The topological polar surface area (TPSA) is 94.8 Å². The van der Waals surface area contributed by atoms with E-state index in [1.165, 1.54) is 0 Å². The van der Waals surface area contributed by atoms with E-state index >= 15 is 0 Å². The molecule has 5 heterocycles. The quantitative estimate of drug-likeness (QED) is 0.407. The Kier molecular flexibility index (Phi) is 5.07. The Hall–Kier alpha value is -4.04. The minimum atomic E-state index is -0.0974. The number of carbonyl (C=O) groups is 1. The van der Waals surface area contributed by atoms with Crippen LogP contribution in [-0.4, -0.2) is 43.6 Å². The lowest BCUT2D eigenvalue weighted by atomic mass is 10.0. The van der Waals surface area contributed by atoms with Crippen molar-refractivity contribution in [1.82, 2.24) is 24.1 Å². The standard InChI is InChI=1S/C26H23N5O3/c32-16-20-14-28-24-22(20)10-18(12-27-24)19-11-23-25(29-13-19)31(21-4-2-1-3-5-21)26(33)30(23)15-17-6-8-34-9-7-17/h1-5,10-14,16-17H,6-9,15H2,(H,27,28). The summed E-state index contributed by atoms with van der Waals surface area (Å²) in [5, 5.41) is 0.758. The number of fused-ring (bicyclic) bond motifs is 2. The lowest BCUT2D eigenvalue weighted by Gasteiger charge is -2.22. The Bertz CT molecular complexity index is 1560. The molecule has 1 fully saturated rings. The number of nitrogens with zero attached hydrogens (tertiary/aromatic N) is 4. The maximum Gasteiger partial charge on any atom is 0.334 e. The lowest BCUT2D eigenvalue weighted by molar-refractivity contribution is 0.0613. The number of benzene rings is 1. The van der Waals surface area contributed by atoms with Crippen LogP contribution >= 0.6 is 0 Å². The number of aromatic amines is 1. The van der Waals surface area contributed by atoms with Crippen molar-refractivity contribution in [2.45, 2.75) is 19.4 Å². The highest BCUT2D eigenvalue weighted by atomic mass is 16.5. The molecule has 34 heavy (non-hydrogen) atoms. The van der Waals surface area contributed by atoms with Crippen molar-refractivity contribution in [3.8, 4) is 16.8 Å². The Morgan fingerprint density at radius 1 is 1.06 bits per heavy atom. The number of rotatable bonds is 5. The fourth-order valence-electron chi connectivity index (χ4n) is 4.74. The van der Waals surface area contributed by atoms with E-state index < -0.39 is 0 Å². The monoisotopic (exact) mass is 453 g/mol. The molecular formula is C26H23N5O3. The van der Waals surface area contributed by atoms with Crippen LogP contribution in [0.5, 0.6) is 0 Å². The number of nitrogens with one attached hydrogen (secondary N) is 1. The first kappa shape index (κ1) is 20.6. The normalized spacial score (nSPS) is 14.7. The van der Waals surface area contributed by atoms with Crippen LogP contribution in [0.2, 0.25) is 0 Å². The van der Waals surface area contributed by atoms with Crippen LogP contribution in [0.25, 0.3) is 39.0 Å². The third kappa shape index (κ3) is 3.43. The largest absolute Gasteiger partial charge is 0.381 e. The van der Waals surface area contributed by atoms with Gasteiger partial charge in [-0.2, -0.15) is 0 Å². The van der Waals surface area contributed by atoms with Crippen molar-refractivity contribution in [3.63, 3.8) is 0 Å².